The molecule has 25 heavy (non-hydrogen) atoms. The predicted octanol–water partition coefficient (Wildman–Crippen LogP) is 3.94. The Bertz CT molecular complexity index is 928. The number of rotatable bonds is 3. The van der Waals surface area contributed by atoms with Gasteiger partial charge in [0, 0.05) is 25.1 Å². The predicted molar refractivity (Wildman–Crippen MR) is 99.0 cm³/mol. The number of aromatic nitrogens is 2. The zero-order valence-electron chi connectivity index (χ0n) is 14.1. The van der Waals surface area contributed by atoms with Crippen LogP contribution in [0.5, 0.6) is 0 Å². The summed E-state index contributed by atoms with van der Waals surface area (Å²) in [6.07, 6.45) is 2.72. The summed E-state index contributed by atoms with van der Waals surface area (Å²) in [5, 5.41) is 12.8. The number of nitrogens with zero attached hydrogens (tertiary/aromatic N) is 4. The Hall–Kier alpha value is -2.73. The molecule has 1 atom stereocenters. The van der Waals surface area contributed by atoms with Crippen molar-refractivity contribution in [2.24, 2.45) is 5.10 Å². The van der Waals surface area contributed by atoms with Crippen LogP contribution in [0.1, 0.15) is 35.5 Å². The monoisotopic (exact) mass is 350 g/mol. The average Bonchev–Trinajstić information content (AvgIpc) is 3.34. The zero-order valence-corrected chi connectivity index (χ0v) is 14.9. The van der Waals surface area contributed by atoms with Gasteiger partial charge in [0.2, 0.25) is 5.91 Å². The summed E-state index contributed by atoms with van der Waals surface area (Å²) in [5.74, 6) is -0.0524. The van der Waals surface area contributed by atoms with Gasteiger partial charge in [-0.25, -0.2) is 9.69 Å². The number of carbonyl (C=O) groups is 1. The summed E-state index contributed by atoms with van der Waals surface area (Å²) in [4.78, 5) is 13.2. The lowest BCUT2D eigenvalue weighted by atomic mass is 10.0. The second-order valence-corrected chi connectivity index (χ2v) is 7.01. The highest BCUT2D eigenvalue weighted by molar-refractivity contribution is 7.12. The standard InChI is InChI=1S/C19H18N4OS/c1-13-16(12-22(20-13)15-7-4-3-5-8-15)18-11-17(19-9-6-10-25-19)21-23(18)14(2)24/h3-10,12,18H,11H2,1-2H3/t18-/m1/s1. The molecule has 1 aliphatic rings. The first-order valence-corrected chi connectivity index (χ1v) is 9.04. The first kappa shape index (κ1) is 15.8. The molecular weight excluding hydrogens is 332 g/mol. The molecule has 126 valence electrons. The average molecular weight is 350 g/mol. The van der Waals surface area contributed by atoms with Crippen molar-refractivity contribution in [3.8, 4) is 5.69 Å². The van der Waals surface area contributed by atoms with Crippen molar-refractivity contribution in [3.63, 3.8) is 0 Å². The maximum Gasteiger partial charge on any atom is 0.240 e. The fourth-order valence-corrected chi connectivity index (χ4v) is 3.87. The summed E-state index contributed by atoms with van der Waals surface area (Å²) < 4.78 is 1.87. The SMILES string of the molecule is CC(=O)N1N=C(c2cccs2)C[C@@H]1c1cn(-c2ccccc2)nc1C. The maximum absolute atomic E-state index is 12.1. The third-order valence-corrected chi connectivity index (χ3v) is 5.27. The van der Waals surface area contributed by atoms with E-state index in [0.717, 1.165) is 27.5 Å². The van der Waals surface area contributed by atoms with Gasteiger partial charge in [0.05, 0.1) is 28.0 Å². The second kappa shape index (κ2) is 6.29. The van der Waals surface area contributed by atoms with E-state index in [1.807, 2.05) is 65.6 Å². The molecule has 0 N–H and O–H groups in total. The highest BCUT2D eigenvalue weighted by atomic mass is 32.1. The Morgan fingerprint density at radius 3 is 2.68 bits per heavy atom. The number of benzene rings is 1. The highest BCUT2D eigenvalue weighted by Gasteiger charge is 2.33. The number of para-hydroxylation sites is 1. The lowest BCUT2D eigenvalue weighted by Gasteiger charge is -2.19. The van der Waals surface area contributed by atoms with Gasteiger partial charge < -0.3 is 0 Å². The lowest BCUT2D eigenvalue weighted by molar-refractivity contribution is -0.130. The Labute approximate surface area is 150 Å². The summed E-state index contributed by atoms with van der Waals surface area (Å²) >= 11 is 1.65. The molecule has 0 bridgehead atoms. The minimum atomic E-state index is -0.105. The molecule has 1 amide bonds. The van der Waals surface area contributed by atoms with Crippen LogP contribution in [0.2, 0.25) is 0 Å². The molecular formula is C19H18N4OS. The van der Waals surface area contributed by atoms with E-state index in [-0.39, 0.29) is 11.9 Å². The molecule has 4 rings (SSSR count). The normalized spacial score (nSPS) is 17.0. The van der Waals surface area contributed by atoms with Crippen LogP contribution in [0.15, 0.2) is 59.1 Å². The van der Waals surface area contributed by atoms with Crippen molar-refractivity contribution < 1.29 is 4.79 Å². The summed E-state index contributed by atoms with van der Waals surface area (Å²) in [5.41, 5.74) is 3.92. The smallest absolute Gasteiger partial charge is 0.240 e. The molecule has 0 fully saturated rings. The maximum atomic E-state index is 12.1. The van der Waals surface area contributed by atoms with Gasteiger partial charge in [-0.15, -0.1) is 11.3 Å². The van der Waals surface area contributed by atoms with Crippen LogP contribution in [0.4, 0.5) is 0 Å². The summed E-state index contributed by atoms with van der Waals surface area (Å²) in [6.45, 7) is 3.54. The van der Waals surface area contributed by atoms with Crippen LogP contribution < -0.4 is 0 Å². The Morgan fingerprint density at radius 1 is 1.20 bits per heavy atom. The van der Waals surface area contributed by atoms with Crippen LogP contribution in [0, 0.1) is 6.92 Å². The molecule has 0 radical (unpaired) electrons. The first-order chi connectivity index (χ1) is 12.1. The molecule has 2 aromatic heterocycles. The molecule has 1 aromatic carbocycles. The number of hydrogen-bond donors (Lipinski definition) is 0. The summed E-state index contributed by atoms with van der Waals surface area (Å²) in [7, 11) is 0. The zero-order chi connectivity index (χ0) is 17.4. The number of aryl methyl sites for hydroxylation is 1. The molecule has 0 saturated carbocycles. The largest absolute Gasteiger partial charge is 0.273 e. The highest BCUT2D eigenvalue weighted by Crippen LogP contribution is 2.35. The van der Waals surface area contributed by atoms with Gasteiger partial charge in [0.25, 0.3) is 0 Å². The quantitative estimate of drug-likeness (QED) is 0.718. The van der Waals surface area contributed by atoms with Gasteiger partial charge in [-0.2, -0.15) is 10.2 Å². The van der Waals surface area contributed by atoms with Crippen LogP contribution in [0.25, 0.3) is 5.69 Å². The molecule has 0 aliphatic carbocycles. The van der Waals surface area contributed by atoms with Gasteiger partial charge in [-0.05, 0) is 30.5 Å². The van der Waals surface area contributed by atoms with Crippen molar-refractivity contribution in [1.29, 1.82) is 0 Å². The molecule has 5 nitrogen and oxygen atoms in total. The fraction of sp³-hybridized carbons (Fsp3) is 0.211. The Kier molecular flexibility index (Phi) is 3.97. The topological polar surface area (TPSA) is 50.5 Å². The number of carbonyl (C=O) groups excluding carboxylic acids is 1. The van der Waals surface area contributed by atoms with Gasteiger partial charge in [-0.3, -0.25) is 4.79 Å². The molecule has 1 aliphatic heterocycles. The fourth-order valence-electron chi connectivity index (χ4n) is 3.15. The van der Waals surface area contributed by atoms with Crippen LogP contribution in [0.3, 0.4) is 0 Å². The molecule has 3 heterocycles. The van der Waals surface area contributed by atoms with E-state index >= 15 is 0 Å². The van der Waals surface area contributed by atoms with Crippen LogP contribution in [-0.4, -0.2) is 26.4 Å². The number of amides is 1. The van der Waals surface area contributed by atoms with Crippen molar-refractivity contribution in [3.05, 3.63) is 70.2 Å². The van der Waals surface area contributed by atoms with E-state index in [1.54, 1.807) is 23.3 Å². The third-order valence-electron chi connectivity index (χ3n) is 4.36. The van der Waals surface area contributed by atoms with E-state index in [9.17, 15) is 4.79 Å². The Morgan fingerprint density at radius 2 is 2.00 bits per heavy atom. The number of thiophene rings is 1. The van der Waals surface area contributed by atoms with Crippen LogP contribution in [-0.2, 0) is 4.79 Å². The summed E-state index contributed by atoms with van der Waals surface area (Å²) in [6, 6.07) is 13.9. The van der Waals surface area contributed by atoms with Crippen molar-refractivity contribution in [2.45, 2.75) is 26.3 Å². The van der Waals surface area contributed by atoms with Gasteiger partial charge in [0.15, 0.2) is 0 Å². The minimum absolute atomic E-state index is 0.0524. The van der Waals surface area contributed by atoms with Gasteiger partial charge >= 0.3 is 0 Å². The van der Waals surface area contributed by atoms with Crippen molar-refractivity contribution in [1.82, 2.24) is 14.8 Å². The van der Waals surface area contributed by atoms with Crippen LogP contribution >= 0.6 is 11.3 Å². The molecule has 3 aromatic rings. The van der Waals surface area contributed by atoms with Crippen molar-refractivity contribution >= 4 is 23.0 Å². The second-order valence-electron chi connectivity index (χ2n) is 6.06. The first-order valence-electron chi connectivity index (χ1n) is 8.16. The van der Waals surface area contributed by atoms with E-state index in [1.165, 1.54) is 0 Å². The van der Waals surface area contributed by atoms with E-state index in [0.29, 0.717) is 6.42 Å². The number of hydrazone groups is 1. The third kappa shape index (κ3) is 2.89. The van der Waals surface area contributed by atoms with Gasteiger partial charge in [0.1, 0.15) is 0 Å². The van der Waals surface area contributed by atoms with E-state index in [2.05, 4.69) is 10.2 Å². The molecule has 0 saturated heterocycles. The number of hydrogen-bond acceptors (Lipinski definition) is 4. The molecule has 0 unspecified atom stereocenters. The van der Waals surface area contributed by atoms with Gasteiger partial charge in [-0.1, -0.05) is 24.3 Å². The molecule has 0 spiro atoms. The van der Waals surface area contributed by atoms with E-state index < -0.39 is 0 Å². The van der Waals surface area contributed by atoms with E-state index in [4.69, 9.17) is 0 Å². The van der Waals surface area contributed by atoms with Crippen molar-refractivity contribution in [2.75, 3.05) is 0 Å². The molecule has 6 heteroatoms. The Balaban J connectivity index is 1.70. The lowest BCUT2D eigenvalue weighted by Crippen LogP contribution is -2.24. The minimum Gasteiger partial charge on any atom is -0.273 e.